The van der Waals surface area contributed by atoms with Gasteiger partial charge in [-0.2, -0.15) is 5.10 Å². The highest BCUT2D eigenvalue weighted by atomic mass is 32.2. The molecule has 1 aliphatic heterocycles. The fourth-order valence-corrected chi connectivity index (χ4v) is 4.37. The second-order valence-corrected chi connectivity index (χ2v) is 7.60. The van der Waals surface area contributed by atoms with E-state index in [1.54, 1.807) is 4.68 Å². The minimum Gasteiger partial charge on any atom is -0.389 e. The molecule has 1 aromatic heterocycles. The van der Waals surface area contributed by atoms with Crippen LogP contribution in [0.15, 0.2) is 0 Å². The molecule has 6 nitrogen and oxygen atoms in total. The number of nitrogens with two attached hydrogens (primary N) is 1. The first-order valence-electron chi connectivity index (χ1n) is 6.03. The predicted molar refractivity (Wildman–Crippen MR) is 79.3 cm³/mol. The van der Waals surface area contributed by atoms with Crippen LogP contribution in [-0.4, -0.2) is 47.3 Å². The predicted octanol–water partition coefficient (Wildman–Crippen LogP) is -0.0140. The molecule has 0 aliphatic carbocycles. The summed E-state index contributed by atoms with van der Waals surface area (Å²) in [5.41, 5.74) is 7.28. The monoisotopic (exact) mass is 302 g/mol. The van der Waals surface area contributed by atoms with E-state index < -0.39 is 9.84 Å². The smallest absolute Gasteiger partial charge is 0.154 e. The first kappa shape index (κ1) is 14.3. The van der Waals surface area contributed by atoms with Gasteiger partial charge in [0.05, 0.1) is 22.8 Å². The van der Waals surface area contributed by atoms with E-state index in [1.165, 1.54) is 0 Å². The molecule has 106 valence electrons. The standard InChI is InChI=1S/C11H18N4O2S2/c1-7-6-19(16,17)5-4-15(7)11-9(10(12)18)8(2)13-14(11)3/h7H,4-6H2,1-3H3,(H2,12,18). The molecule has 1 unspecified atom stereocenters. The van der Waals surface area contributed by atoms with E-state index in [0.717, 1.165) is 17.1 Å². The van der Waals surface area contributed by atoms with E-state index >= 15 is 0 Å². The van der Waals surface area contributed by atoms with Crippen molar-refractivity contribution in [2.24, 2.45) is 12.8 Å². The molecule has 8 heteroatoms. The molecule has 1 aliphatic rings. The van der Waals surface area contributed by atoms with Gasteiger partial charge in [0.25, 0.3) is 0 Å². The highest BCUT2D eigenvalue weighted by molar-refractivity contribution is 7.91. The zero-order valence-electron chi connectivity index (χ0n) is 11.3. The number of hydrogen-bond donors (Lipinski definition) is 1. The van der Waals surface area contributed by atoms with Crippen molar-refractivity contribution in [3.63, 3.8) is 0 Å². The lowest BCUT2D eigenvalue weighted by Gasteiger charge is -2.35. The lowest BCUT2D eigenvalue weighted by atomic mass is 10.2. The van der Waals surface area contributed by atoms with Crippen LogP contribution in [-0.2, 0) is 16.9 Å². The number of sulfone groups is 1. The maximum atomic E-state index is 11.6. The summed E-state index contributed by atoms with van der Waals surface area (Å²) in [5.74, 6) is 1.11. The van der Waals surface area contributed by atoms with Crippen LogP contribution in [0.1, 0.15) is 18.2 Å². The van der Waals surface area contributed by atoms with Gasteiger partial charge < -0.3 is 10.6 Å². The summed E-state index contributed by atoms with van der Waals surface area (Å²) < 4.78 is 25.0. The van der Waals surface area contributed by atoms with E-state index in [2.05, 4.69) is 5.10 Å². The molecule has 19 heavy (non-hydrogen) atoms. The summed E-state index contributed by atoms with van der Waals surface area (Å²) in [7, 11) is -1.13. The zero-order valence-corrected chi connectivity index (χ0v) is 12.9. The first-order valence-corrected chi connectivity index (χ1v) is 8.26. The van der Waals surface area contributed by atoms with Crippen molar-refractivity contribution in [2.45, 2.75) is 19.9 Å². The van der Waals surface area contributed by atoms with Gasteiger partial charge in [-0.05, 0) is 13.8 Å². The van der Waals surface area contributed by atoms with Crippen LogP contribution >= 0.6 is 12.2 Å². The average Bonchev–Trinajstić information content (AvgIpc) is 2.52. The van der Waals surface area contributed by atoms with Gasteiger partial charge in [-0.3, -0.25) is 4.68 Å². The van der Waals surface area contributed by atoms with Gasteiger partial charge in [-0.1, -0.05) is 12.2 Å². The van der Waals surface area contributed by atoms with Gasteiger partial charge in [-0.25, -0.2) is 8.42 Å². The summed E-state index contributed by atoms with van der Waals surface area (Å²) in [6.07, 6.45) is 0. The topological polar surface area (TPSA) is 81.2 Å². The van der Waals surface area contributed by atoms with E-state index in [4.69, 9.17) is 18.0 Å². The fraction of sp³-hybridized carbons (Fsp3) is 0.636. The van der Waals surface area contributed by atoms with Gasteiger partial charge in [-0.15, -0.1) is 0 Å². The summed E-state index contributed by atoms with van der Waals surface area (Å²) >= 11 is 5.08. The van der Waals surface area contributed by atoms with E-state index in [0.29, 0.717) is 11.5 Å². The minimum absolute atomic E-state index is 0.110. The first-order chi connectivity index (χ1) is 8.73. The average molecular weight is 302 g/mol. The van der Waals surface area contributed by atoms with Crippen molar-refractivity contribution in [3.05, 3.63) is 11.3 Å². The van der Waals surface area contributed by atoms with Gasteiger partial charge >= 0.3 is 0 Å². The number of anilines is 1. The molecular weight excluding hydrogens is 284 g/mol. The molecule has 0 amide bonds. The number of rotatable bonds is 2. The Hall–Kier alpha value is -1.15. The van der Waals surface area contributed by atoms with Gasteiger partial charge in [0.15, 0.2) is 9.84 Å². The van der Waals surface area contributed by atoms with Crippen LogP contribution in [0.5, 0.6) is 0 Å². The number of nitrogens with zero attached hydrogens (tertiary/aromatic N) is 3. The minimum atomic E-state index is -2.95. The number of hydrogen-bond acceptors (Lipinski definition) is 5. The normalized spacial score (nSPS) is 22.5. The summed E-state index contributed by atoms with van der Waals surface area (Å²) in [6, 6.07) is -0.110. The molecule has 1 atom stereocenters. The molecular formula is C11H18N4O2S2. The maximum absolute atomic E-state index is 11.6. The molecule has 1 fully saturated rings. The van der Waals surface area contributed by atoms with Crippen LogP contribution in [0.3, 0.4) is 0 Å². The Bertz CT molecular complexity index is 621. The number of thiocarbonyl (C=S) groups is 1. The fourth-order valence-electron chi connectivity index (χ4n) is 2.58. The largest absolute Gasteiger partial charge is 0.389 e. The van der Waals surface area contributed by atoms with Crippen LogP contribution < -0.4 is 10.6 Å². The Balaban J connectivity index is 2.46. The second kappa shape index (κ2) is 4.75. The Labute approximate surface area is 118 Å². The Morgan fingerprint density at radius 1 is 1.53 bits per heavy atom. The molecule has 0 spiro atoms. The highest BCUT2D eigenvalue weighted by Gasteiger charge is 2.32. The second-order valence-electron chi connectivity index (χ2n) is 4.93. The van der Waals surface area contributed by atoms with Crippen LogP contribution in [0.25, 0.3) is 0 Å². The van der Waals surface area contributed by atoms with E-state index in [1.807, 2.05) is 25.8 Å². The van der Waals surface area contributed by atoms with Crippen LogP contribution in [0.2, 0.25) is 0 Å². The van der Waals surface area contributed by atoms with Crippen molar-refractivity contribution in [1.82, 2.24) is 9.78 Å². The van der Waals surface area contributed by atoms with Crippen LogP contribution in [0.4, 0.5) is 5.82 Å². The number of aromatic nitrogens is 2. The van der Waals surface area contributed by atoms with E-state index in [-0.39, 0.29) is 17.5 Å². The van der Waals surface area contributed by atoms with Crippen molar-refractivity contribution >= 4 is 32.9 Å². The Morgan fingerprint density at radius 3 is 2.68 bits per heavy atom. The van der Waals surface area contributed by atoms with Crippen molar-refractivity contribution in [3.8, 4) is 0 Å². The van der Waals surface area contributed by atoms with Crippen molar-refractivity contribution in [1.29, 1.82) is 0 Å². The van der Waals surface area contributed by atoms with Gasteiger partial charge in [0.2, 0.25) is 0 Å². The third-order valence-corrected chi connectivity index (χ3v) is 5.38. The third kappa shape index (κ3) is 2.59. The zero-order chi connectivity index (χ0) is 14.4. The molecule has 0 saturated carbocycles. The summed E-state index contributed by atoms with van der Waals surface area (Å²) in [6.45, 7) is 4.18. The number of aryl methyl sites for hydroxylation is 2. The quantitative estimate of drug-likeness (QED) is 0.774. The Kier molecular flexibility index (Phi) is 3.57. The SMILES string of the molecule is Cc1nn(C)c(N2CCS(=O)(=O)CC2C)c1C(N)=S. The summed E-state index contributed by atoms with van der Waals surface area (Å²) in [4.78, 5) is 2.32. The van der Waals surface area contributed by atoms with Crippen LogP contribution in [0, 0.1) is 6.92 Å². The third-order valence-electron chi connectivity index (χ3n) is 3.38. The lowest BCUT2D eigenvalue weighted by Crippen LogP contribution is -2.48. The molecule has 1 aromatic rings. The van der Waals surface area contributed by atoms with Gasteiger partial charge in [0, 0.05) is 19.6 Å². The summed E-state index contributed by atoms with van der Waals surface area (Å²) in [5, 5.41) is 4.34. The highest BCUT2D eigenvalue weighted by Crippen LogP contribution is 2.27. The molecule has 1 saturated heterocycles. The lowest BCUT2D eigenvalue weighted by molar-refractivity contribution is 0.561. The van der Waals surface area contributed by atoms with Crippen molar-refractivity contribution in [2.75, 3.05) is 23.0 Å². The van der Waals surface area contributed by atoms with Crippen molar-refractivity contribution < 1.29 is 8.42 Å². The molecule has 0 bridgehead atoms. The molecule has 0 radical (unpaired) electrons. The molecule has 2 N–H and O–H groups in total. The van der Waals surface area contributed by atoms with Gasteiger partial charge in [0.1, 0.15) is 10.8 Å². The Morgan fingerprint density at radius 2 is 2.16 bits per heavy atom. The molecule has 2 rings (SSSR count). The molecule has 0 aromatic carbocycles. The van der Waals surface area contributed by atoms with E-state index in [9.17, 15) is 8.42 Å². The molecule has 2 heterocycles. The maximum Gasteiger partial charge on any atom is 0.154 e.